The molecule has 5 nitrogen and oxygen atoms in total. The number of alkyl halides is 1. The van der Waals surface area contributed by atoms with E-state index < -0.39 is 0 Å². The van der Waals surface area contributed by atoms with Crippen LogP contribution in [0.25, 0.3) is 11.0 Å². The SMILES string of the molecule is CCn1c(C(C)(C)C)nc2cc(N(C)Sc3ccc(NC(=O)CBr)cc3)ccc21. The van der Waals surface area contributed by atoms with Gasteiger partial charge in [0.15, 0.2) is 0 Å². The van der Waals surface area contributed by atoms with E-state index in [1.807, 2.05) is 31.3 Å². The third-order valence-corrected chi connectivity index (χ3v) is 6.06. The van der Waals surface area contributed by atoms with Crippen LogP contribution in [0, 0.1) is 0 Å². The Morgan fingerprint density at radius 1 is 1.21 bits per heavy atom. The number of hydrogen-bond donors (Lipinski definition) is 1. The Hall–Kier alpha value is -1.99. The second-order valence-electron chi connectivity index (χ2n) is 7.90. The zero-order chi connectivity index (χ0) is 21.2. The standard InChI is InChI=1S/C22H27BrN4OS/c1-6-27-19-12-9-16(13-18(19)25-21(27)22(2,3)4)26(5)29-17-10-7-15(8-11-17)24-20(28)14-23/h7-13H,6,14H2,1-5H3,(H,24,28). The van der Waals surface area contributed by atoms with Crippen LogP contribution < -0.4 is 9.62 Å². The van der Waals surface area contributed by atoms with E-state index in [4.69, 9.17) is 4.98 Å². The van der Waals surface area contributed by atoms with Gasteiger partial charge >= 0.3 is 0 Å². The summed E-state index contributed by atoms with van der Waals surface area (Å²) in [5.41, 5.74) is 4.09. The molecule has 0 atom stereocenters. The van der Waals surface area contributed by atoms with Crippen LogP contribution in [0.15, 0.2) is 47.4 Å². The van der Waals surface area contributed by atoms with Gasteiger partial charge in [-0.25, -0.2) is 4.98 Å². The van der Waals surface area contributed by atoms with Crippen LogP contribution >= 0.6 is 27.9 Å². The molecule has 0 aliphatic rings. The van der Waals surface area contributed by atoms with E-state index in [2.05, 4.69) is 76.0 Å². The summed E-state index contributed by atoms with van der Waals surface area (Å²) in [6.45, 7) is 9.68. The summed E-state index contributed by atoms with van der Waals surface area (Å²) in [6.07, 6.45) is 0. The van der Waals surface area contributed by atoms with Gasteiger partial charge in [0.05, 0.1) is 16.4 Å². The van der Waals surface area contributed by atoms with E-state index in [0.29, 0.717) is 5.33 Å². The van der Waals surface area contributed by atoms with Crippen LogP contribution in [0.2, 0.25) is 0 Å². The molecule has 154 valence electrons. The summed E-state index contributed by atoms with van der Waals surface area (Å²) in [5.74, 6) is 1.06. The molecule has 0 radical (unpaired) electrons. The first-order chi connectivity index (χ1) is 13.7. The van der Waals surface area contributed by atoms with Crippen molar-refractivity contribution in [3.8, 4) is 0 Å². The molecule has 1 aromatic heterocycles. The molecule has 1 N–H and O–H groups in total. The molecule has 2 aromatic carbocycles. The number of aromatic nitrogens is 2. The highest BCUT2D eigenvalue weighted by molar-refractivity contribution is 9.09. The molecule has 29 heavy (non-hydrogen) atoms. The summed E-state index contributed by atoms with van der Waals surface area (Å²) in [5, 5.41) is 3.12. The molecule has 1 heterocycles. The van der Waals surface area contributed by atoms with Crippen LogP contribution in [-0.4, -0.2) is 27.8 Å². The minimum absolute atomic E-state index is 0.00182. The molecule has 0 saturated carbocycles. The number of carbonyl (C=O) groups excluding carboxylic acids is 1. The van der Waals surface area contributed by atoms with Gasteiger partial charge in [-0.15, -0.1) is 0 Å². The highest BCUT2D eigenvalue weighted by Crippen LogP contribution is 2.32. The maximum atomic E-state index is 11.5. The van der Waals surface area contributed by atoms with E-state index in [1.165, 1.54) is 5.52 Å². The van der Waals surface area contributed by atoms with Crippen molar-refractivity contribution >= 4 is 56.2 Å². The molecule has 0 unspecified atom stereocenters. The molecular weight excluding hydrogens is 448 g/mol. The smallest absolute Gasteiger partial charge is 0.235 e. The van der Waals surface area contributed by atoms with Gasteiger partial charge in [-0.2, -0.15) is 0 Å². The van der Waals surface area contributed by atoms with Crippen molar-refractivity contribution in [2.75, 3.05) is 22.0 Å². The molecule has 0 bridgehead atoms. The fourth-order valence-electron chi connectivity index (χ4n) is 3.21. The quantitative estimate of drug-likeness (QED) is 0.360. The van der Waals surface area contributed by atoms with Crippen molar-refractivity contribution in [1.82, 2.24) is 9.55 Å². The average Bonchev–Trinajstić information content (AvgIpc) is 3.07. The number of halogens is 1. The number of imidazole rings is 1. The fraction of sp³-hybridized carbons (Fsp3) is 0.364. The number of fused-ring (bicyclic) bond motifs is 1. The number of aryl methyl sites for hydroxylation is 1. The number of anilines is 2. The van der Waals surface area contributed by atoms with Crippen LogP contribution in [-0.2, 0) is 16.8 Å². The zero-order valence-corrected chi connectivity index (χ0v) is 19.9. The van der Waals surface area contributed by atoms with Gasteiger partial charge in [0.2, 0.25) is 5.91 Å². The van der Waals surface area contributed by atoms with E-state index in [0.717, 1.165) is 34.2 Å². The molecule has 0 fully saturated rings. The van der Waals surface area contributed by atoms with Crippen LogP contribution in [0.3, 0.4) is 0 Å². The Labute approximate surface area is 185 Å². The topological polar surface area (TPSA) is 50.2 Å². The lowest BCUT2D eigenvalue weighted by Crippen LogP contribution is -2.18. The Kier molecular flexibility index (Phi) is 6.58. The molecule has 3 rings (SSSR count). The monoisotopic (exact) mass is 474 g/mol. The van der Waals surface area contributed by atoms with Gasteiger partial charge in [0, 0.05) is 35.3 Å². The lowest BCUT2D eigenvalue weighted by Gasteiger charge is -2.19. The third kappa shape index (κ3) is 4.95. The van der Waals surface area contributed by atoms with Crippen LogP contribution in [0.1, 0.15) is 33.5 Å². The van der Waals surface area contributed by atoms with E-state index in [9.17, 15) is 4.79 Å². The molecule has 3 aromatic rings. The minimum Gasteiger partial charge on any atom is -0.328 e. The normalized spacial score (nSPS) is 11.7. The maximum absolute atomic E-state index is 11.5. The Morgan fingerprint density at radius 2 is 1.90 bits per heavy atom. The highest BCUT2D eigenvalue weighted by atomic mass is 79.9. The summed E-state index contributed by atoms with van der Waals surface area (Å²) >= 11 is 4.79. The Morgan fingerprint density at radius 3 is 2.48 bits per heavy atom. The fourth-order valence-corrected chi connectivity index (χ4v) is 4.14. The zero-order valence-electron chi connectivity index (χ0n) is 17.5. The molecule has 0 spiro atoms. The van der Waals surface area contributed by atoms with Crippen molar-refractivity contribution in [3.05, 3.63) is 48.3 Å². The number of rotatable bonds is 6. The van der Waals surface area contributed by atoms with Crippen molar-refractivity contribution in [2.24, 2.45) is 0 Å². The summed E-state index contributed by atoms with van der Waals surface area (Å²) in [6, 6.07) is 14.3. The summed E-state index contributed by atoms with van der Waals surface area (Å²) < 4.78 is 4.43. The lowest BCUT2D eigenvalue weighted by molar-refractivity contribution is -0.113. The number of nitrogens with one attached hydrogen (secondary N) is 1. The van der Waals surface area contributed by atoms with Gasteiger partial charge < -0.3 is 14.2 Å². The number of amides is 1. The molecule has 0 aliphatic heterocycles. The second-order valence-corrected chi connectivity index (χ2v) is 9.66. The molecule has 0 aliphatic carbocycles. The first-order valence-corrected chi connectivity index (χ1v) is 11.5. The van der Waals surface area contributed by atoms with E-state index in [1.54, 1.807) is 11.9 Å². The van der Waals surface area contributed by atoms with Gasteiger partial charge in [0.25, 0.3) is 0 Å². The third-order valence-electron chi connectivity index (χ3n) is 4.58. The van der Waals surface area contributed by atoms with Crippen molar-refractivity contribution in [1.29, 1.82) is 0 Å². The number of hydrogen-bond acceptors (Lipinski definition) is 4. The first kappa shape index (κ1) is 21.7. The van der Waals surface area contributed by atoms with Crippen molar-refractivity contribution in [2.45, 2.75) is 44.6 Å². The molecule has 1 amide bonds. The second kappa shape index (κ2) is 8.79. The maximum Gasteiger partial charge on any atom is 0.235 e. The summed E-state index contributed by atoms with van der Waals surface area (Å²) in [7, 11) is 2.05. The molecule has 0 saturated heterocycles. The van der Waals surface area contributed by atoms with E-state index >= 15 is 0 Å². The van der Waals surface area contributed by atoms with Gasteiger partial charge in [0.1, 0.15) is 5.82 Å². The van der Waals surface area contributed by atoms with Gasteiger partial charge in [-0.05, 0) is 61.3 Å². The average molecular weight is 475 g/mol. The van der Waals surface area contributed by atoms with Gasteiger partial charge in [-0.3, -0.25) is 4.79 Å². The number of nitrogens with zero attached hydrogens (tertiary/aromatic N) is 3. The Balaban J connectivity index is 1.80. The predicted molar refractivity (Wildman–Crippen MR) is 127 cm³/mol. The minimum atomic E-state index is -0.0584. The van der Waals surface area contributed by atoms with E-state index in [-0.39, 0.29) is 11.3 Å². The van der Waals surface area contributed by atoms with Crippen LogP contribution in [0.5, 0.6) is 0 Å². The number of benzene rings is 2. The number of carbonyl (C=O) groups is 1. The first-order valence-electron chi connectivity index (χ1n) is 9.61. The molecular formula is C22H27BrN4OS. The van der Waals surface area contributed by atoms with Crippen LogP contribution in [0.4, 0.5) is 11.4 Å². The highest BCUT2D eigenvalue weighted by Gasteiger charge is 2.22. The molecule has 7 heteroatoms. The van der Waals surface area contributed by atoms with Crippen molar-refractivity contribution < 1.29 is 4.79 Å². The Bertz CT molecular complexity index is 1010. The largest absolute Gasteiger partial charge is 0.328 e. The summed E-state index contributed by atoms with van der Waals surface area (Å²) in [4.78, 5) is 17.5. The lowest BCUT2D eigenvalue weighted by atomic mass is 9.96. The van der Waals surface area contributed by atoms with Gasteiger partial charge in [-0.1, -0.05) is 36.7 Å². The predicted octanol–water partition coefficient (Wildman–Crippen LogP) is 5.83. The van der Waals surface area contributed by atoms with Crippen molar-refractivity contribution in [3.63, 3.8) is 0 Å².